The smallest absolute Gasteiger partial charge is 0.242 e. The molecule has 0 spiro atoms. The summed E-state index contributed by atoms with van der Waals surface area (Å²) in [4.78, 5) is 28.7. The maximum Gasteiger partial charge on any atom is 0.242 e. The molecule has 106 valence electrons. The van der Waals surface area contributed by atoms with Crippen molar-refractivity contribution in [1.29, 1.82) is 0 Å². The SMILES string of the molecule is CN(C)CC(=O)N(C)CC(=O)N1CCNCC1.Cl. The molecule has 0 aromatic carbocycles. The third-order valence-corrected chi connectivity index (χ3v) is 2.72. The lowest BCUT2D eigenvalue weighted by atomic mass is 10.3. The summed E-state index contributed by atoms with van der Waals surface area (Å²) in [6, 6.07) is 0. The monoisotopic (exact) mass is 278 g/mol. The number of nitrogens with one attached hydrogen (secondary N) is 1. The number of amides is 2. The van der Waals surface area contributed by atoms with Gasteiger partial charge in [-0.05, 0) is 14.1 Å². The standard InChI is InChI=1S/C11H22N4O2.ClH/c1-13(2)8-10(16)14(3)9-11(17)15-6-4-12-5-7-15;/h12H,4-9H2,1-3H3;1H. The molecule has 7 heteroatoms. The van der Waals surface area contributed by atoms with Crippen molar-refractivity contribution in [2.75, 3.05) is 60.4 Å². The number of nitrogens with zero attached hydrogens (tertiary/aromatic N) is 3. The number of carbonyl (C=O) groups excluding carboxylic acids is 2. The minimum absolute atomic E-state index is 0. The van der Waals surface area contributed by atoms with Crippen LogP contribution in [0.1, 0.15) is 0 Å². The fourth-order valence-electron chi connectivity index (χ4n) is 1.70. The van der Waals surface area contributed by atoms with Gasteiger partial charge in [0.15, 0.2) is 0 Å². The van der Waals surface area contributed by atoms with Crippen molar-refractivity contribution in [2.24, 2.45) is 0 Å². The van der Waals surface area contributed by atoms with Gasteiger partial charge in [-0.25, -0.2) is 0 Å². The van der Waals surface area contributed by atoms with Crippen LogP contribution in [-0.4, -0.2) is 86.9 Å². The molecule has 2 amide bonds. The van der Waals surface area contributed by atoms with Crippen molar-refractivity contribution in [3.63, 3.8) is 0 Å². The van der Waals surface area contributed by atoms with E-state index in [9.17, 15) is 9.59 Å². The summed E-state index contributed by atoms with van der Waals surface area (Å²) in [5.74, 6) is -0.000379. The molecule has 0 unspecified atom stereocenters. The minimum Gasteiger partial charge on any atom is -0.339 e. The van der Waals surface area contributed by atoms with Gasteiger partial charge in [0.25, 0.3) is 0 Å². The van der Waals surface area contributed by atoms with Crippen molar-refractivity contribution < 1.29 is 9.59 Å². The predicted octanol–water partition coefficient (Wildman–Crippen LogP) is -1.14. The topological polar surface area (TPSA) is 55.9 Å². The molecule has 0 aromatic heterocycles. The Morgan fingerprint density at radius 1 is 1.11 bits per heavy atom. The van der Waals surface area contributed by atoms with E-state index < -0.39 is 0 Å². The molecule has 18 heavy (non-hydrogen) atoms. The highest BCUT2D eigenvalue weighted by molar-refractivity contribution is 5.85. The molecule has 0 radical (unpaired) electrons. The second kappa shape index (κ2) is 8.29. The van der Waals surface area contributed by atoms with E-state index in [1.54, 1.807) is 16.8 Å². The first-order valence-electron chi connectivity index (χ1n) is 5.88. The predicted molar refractivity (Wildman–Crippen MR) is 72.9 cm³/mol. The van der Waals surface area contributed by atoms with Crippen LogP contribution >= 0.6 is 12.4 Å². The van der Waals surface area contributed by atoms with Crippen molar-refractivity contribution in [3.05, 3.63) is 0 Å². The van der Waals surface area contributed by atoms with Crippen LogP contribution in [0.4, 0.5) is 0 Å². The minimum atomic E-state index is -0.0292. The third kappa shape index (κ3) is 5.66. The van der Waals surface area contributed by atoms with Crippen molar-refractivity contribution >= 4 is 24.2 Å². The van der Waals surface area contributed by atoms with Gasteiger partial charge in [0.2, 0.25) is 11.8 Å². The summed E-state index contributed by atoms with van der Waals surface area (Å²) in [7, 11) is 5.35. The fraction of sp³-hybridized carbons (Fsp3) is 0.818. The van der Waals surface area contributed by atoms with E-state index in [0.29, 0.717) is 6.54 Å². The number of carbonyl (C=O) groups is 2. The molecule has 1 aliphatic rings. The summed E-state index contributed by atoms with van der Waals surface area (Å²) < 4.78 is 0. The summed E-state index contributed by atoms with van der Waals surface area (Å²) in [5.41, 5.74) is 0. The normalized spacial score (nSPS) is 15.2. The average molecular weight is 279 g/mol. The highest BCUT2D eigenvalue weighted by Crippen LogP contribution is 1.96. The lowest BCUT2D eigenvalue weighted by molar-refractivity contribution is -0.140. The van der Waals surface area contributed by atoms with Crippen molar-refractivity contribution in [1.82, 2.24) is 20.0 Å². The zero-order valence-electron chi connectivity index (χ0n) is 11.3. The van der Waals surface area contributed by atoms with Gasteiger partial charge in [0.05, 0.1) is 13.1 Å². The maximum absolute atomic E-state index is 11.9. The number of hydrogen-bond donors (Lipinski definition) is 1. The largest absolute Gasteiger partial charge is 0.339 e. The highest BCUT2D eigenvalue weighted by Gasteiger charge is 2.19. The van der Waals surface area contributed by atoms with E-state index in [0.717, 1.165) is 26.2 Å². The second-order valence-electron chi connectivity index (χ2n) is 4.62. The Kier molecular flexibility index (Phi) is 7.90. The Morgan fingerprint density at radius 3 is 2.17 bits per heavy atom. The van der Waals surface area contributed by atoms with E-state index in [2.05, 4.69) is 5.32 Å². The van der Waals surface area contributed by atoms with Gasteiger partial charge < -0.3 is 20.0 Å². The van der Waals surface area contributed by atoms with Gasteiger partial charge in [-0.15, -0.1) is 12.4 Å². The Morgan fingerprint density at radius 2 is 1.67 bits per heavy atom. The summed E-state index contributed by atoms with van der Waals surface area (Å²) >= 11 is 0. The Bertz CT molecular complexity index is 280. The first-order chi connectivity index (χ1) is 8.00. The molecule has 1 saturated heterocycles. The molecule has 1 rings (SSSR count). The van der Waals surface area contributed by atoms with E-state index in [1.165, 1.54) is 4.90 Å². The Labute approximate surface area is 115 Å². The van der Waals surface area contributed by atoms with Crippen molar-refractivity contribution in [3.8, 4) is 0 Å². The fourth-order valence-corrected chi connectivity index (χ4v) is 1.70. The number of rotatable bonds is 4. The van der Waals surface area contributed by atoms with Crippen LogP contribution in [0.5, 0.6) is 0 Å². The lowest BCUT2D eigenvalue weighted by Crippen LogP contribution is -2.50. The molecule has 0 bridgehead atoms. The molecule has 6 nitrogen and oxygen atoms in total. The molecule has 0 saturated carbocycles. The number of piperazine rings is 1. The van der Waals surface area contributed by atoms with Crippen LogP contribution in [0.3, 0.4) is 0 Å². The van der Waals surface area contributed by atoms with E-state index in [-0.39, 0.29) is 30.8 Å². The molecule has 0 atom stereocenters. The zero-order valence-corrected chi connectivity index (χ0v) is 12.1. The first-order valence-corrected chi connectivity index (χ1v) is 5.88. The van der Waals surface area contributed by atoms with Gasteiger partial charge in [0.1, 0.15) is 0 Å². The number of hydrogen-bond acceptors (Lipinski definition) is 4. The number of halogens is 1. The Balaban J connectivity index is 0.00000289. The first kappa shape index (κ1) is 17.2. The van der Waals surface area contributed by atoms with Crippen LogP contribution < -0.4 is 5.32 Å². The second-order valence-corrected chi connectivity index (χ2v) is 4.62. The Hall–Kier alpha value is -0.850. The van der Waals surface area contributed by atoms with E-state index in [4.69, 9.17) is 0 Å². The van der Waals surface area contributed by atoms with Crippen LogP contribution in [-0.2, 0) is 9.59 Å². The summed E-state index contributed by atoms with van der Waals surface area (Å²) in [6.45, 7) is 3.64. The molecular formula is C11H23ClN4O2. The van der Waals surface area contributed by atoms with E-state index in [1.807, 2.05) is 14.1 Å². The molecule has 0 aromatic rings. The molecule has 1 heterocycles. The zero-order chi connectivity index (χ0) is 12.8. The lowest BCUT2D eigenvalue weighted by Gasteiger charge is -2.29. The molecule has 0 aliphatic carbocycles. The maximum atomic E-state index is 11.9. The van der Waals surface area contributed by atoms with Crippen LogP contribution in [0.15, 0.2) is 0 Å². The van der Waals surface area contributed by atoms with Gasteiger partial charge in [-0.3, -0.25) is 9.59 Å². The number of likely N-dealkylation sites (N-methyl/N-ethyl adjacent to an activating group) is 2. The summed E-state index contributed by atoms with van der Waals surface area (Å²) in [5, 5.41) is 3.19. The molecule has 1 aliphatic heterocycles. The van der Waals surface area contributed by atoms with Crippen LogP contribution in [0.25, 0.3) is 0 Å². The quantitative estimate of drug-likeness (QED) is 0.706. The molecular weight excluding hydrogens is 256 g/mol. The summed E-state index contributed by atoms with van der Waals surface area (Å²) in [6.07, 6.45) is 0. The van der Waals surface area contributed by atoms with Crippen LogP contribution in [0, 0.1) is 0 Å². The van der Waals surface area contributed by atoms with Gasteiger partial charge in [-0.2, -0.15) is 0 Å². The van der Waals surface area contributed by atoms with Crippen LogP contribution in [0.2, 0.25) is 0 Å². The highest BCUT2D eigenvalue weighted by atomic mass is 35.5. The average Bonchev–Trinajstić information content (AvgIpc) is 2.29. The van der Waals surface area contributed by atoms with Gasteiger partial charge in [0, 0.05) is 33.2 Å². The van der Waals surface area contributed by atoms with Crippen molar-refractivity contribution in [2.45, 2.75) is 0 Å². The van der Waals surface area contributed by atoms with E-state index >= 15 is 0 Å². The van der Waals surface area contributed by atoms with Gasteiger partial charge >= 0.3 is 0 Å². The molecule has 1 fully saturated rings. The third-order valence-electron chi connectivity index (χ3n) is 2.72. The van der Waals surface area contributed by atoms with Gasteiger partial charge in [-0.1, -0.05) is 0 Å². The molecule has 1 N–H and O–H groups in total.